The SMILES string of the molecule is C=C1CCCC(C(=C)CC)(C(=O)OC)C1. The van der Waals surface area contributed by atoms with Crippen LogP contribution in [0.3, 0.4) is 0 Å². The van der Waals surface area contributed by atoms with E-state index in [-0.39, 0.29) is 5.97 Å². The molecule has 2 heteroatoms. The highest BCUT2D eigenvalue weighted by molar-refractivity contribution is 5.81. The van der Waals surface area contributed by atoms with Crippen LogP contribution >= 0.6 is 0 Å². The van der Waals surface area contributed by atoms with E-state index in [1.54, 1.807) is 0 Å². The molecule has 1 unspecified atom stereocenters. The van der Waals surface area contributed by atoms with Crippen LogP contribution in [-0.4, -0.2) is 13.1 Å². The highest BCUT2D eigenvalue weighted by Gasteiger charge is 2.43. The maximum atomic E-state index is 11.9. The second-order valence-electron chi connectivity index (χ2n) is 4.31. The normalized spacial score (nSPS) is 26.1. The number of hydrogen-bond donors (Lipinski definition) is 0. The molecule has 1 aliphatic rings. The molecule has 0 aromatic rings. The lowest BCUT2D eigenvalue weighted by Gasteiger charge is -2.37. The quantitative estimate of drug-likeness (QED) is 0.525. The lowest BCUT2D eigenvalue weighted by atomic mass is 9.67. The summed E-state index contributed by atoms with van der Waals surface area (Å²) in [7, 11) is 1.45. The van der Waals surface area contributed by atoms with E-state index in [9.17, 15) is 4.79 Å². The Morgan fingerprint density at radius 1 is 1.60 bits per heavy atom. The zero-order valence-electron chi connectivity index (χ0n) is 9.77. The summed E-state index contributed by atoms with van der Waals surface area (Å²) >= 11 is 0. The highest BCUT2D eigenvalue weighted by atomic mass is 16.5. The fourth-order valence-corrected chi connectivity index (χ4v) is 2.40. The molecule has 1 fully saturated rings. The van der Waals surface area contributed by atoms with Crippen molar-refractivity contribution in [2.24, 2.45) is 5.41 Å². The summed E-state index contributed by atoms with van der Waals surface area (Å²) in [6.07, 6.45) is 4.42. The van der Waals surface area contributed by atoms with E-state index in [1.807, 2.05) is 6.92 Å². The number of esters is 1. The zero-order valence-corrected chi connectivity index (χ0v) is 9.77. The molecule has 84 valence electrons. The van der Waals surface area contributed by atoms with Gasteiger partial charge in [0.1, 0.15) is 0 Å². The second-order valence-corrected chi connectivity index (χ2v) is 4.31. The lowest BCUT2D eigenvalue weighted by molar-refractivity contribution is -0.151. The zero-order chi connectivity index (χ0) is 11.5. The standard InChI is InChI=1S/C13H20O2/c1-5-11(3)13(12(14)15-4)8-6-7-10(2)9-13/h2-3,5-9H2,1,4H3. The molecule has 2 nitrogen and oxygen atoms in total. The van der Waals surface area contributed by atoms with Crippen LogP contribution in [0.1, 0.15) is 39.0 Å². The minimum atomic E-state index is -0.487. The number of methoxy groups -OCH3 is 1. The third kappa shape index (κ3) is 2.14. The van der Waals surface area contributed by atoms with Crippen molar-refractivity contribution in [2.75, 3.05) is 7.11 Å². The Balaban J connectivity index is 2.99. The van der Waals surface area contributed by atoms with Gasteiger partial charge in [-0.15, -0.1) is 0 Å². The van der Waals surface area contributed by atoms with E-state index in [2.05, 4.69) is 13.2 Å². The van der Waals surface area contributed by atoms with Crippen LogP contribution in [0.5, 0.6) is 0 Å². The topological polar surface area (TPSA) is 26.3 Å². The summed E-state index contributed by atoms with van der Waals surface area (Å²) in [6.45, 7) is 10.1. The van der Waals surface area contributed by atoms with Crippen molar-refractivity contribution in [1.29, 1.82) is 0 Å². The fraction of sp³-hybridized carbons (Fsp3) is 0.615. The number of carbonyl (C=O) groups excluding carboxylic acids is 1. The van der Waals surface area contributed by atoms with Crippen LogP contribution in [0.4, 0.5) is 0 Å². The van der Waals surface area contributed by atoms with Crippen molar-refractivity contribution in [3.05, 3.63) is 24.3 Å². The number of ether oxygens (including phenoxy) is 1. The molecule has 0 aromatic heterocycles. The predicted octanol–water partition coefficient (Wildman–Crippen LogP) is 3.24. The van der Waals surface area contributed by atoms with E-state index in [0.29, 0.717) is 6.42 Å². The van der Waals surface area contributed by atoms with Gasteiger partial charge in [-0.1, -0.05) is 31.2 Å². The molecule has 15 heavy (non-hydrogen) atoms. The smallest absolute Gasteiger partial charge is 0.316 e. The summed E-state index contributed by atoms with van der Waals surface area (Å²) in [5.41, 5.74) is 1.63. The van der Waals surface area contributed by atoms with Crippen LogP contribution in [0, 0.1) is 5.41 Å². The number of allylic oxidation sites excluding steroid dienone is 1. The van der Waals surface area contributed by atoms with Crippen LogP contribution in [-0.2, 0) is 9.53 Å². The average Bonchev–Trinajstić information content (AvgIpc) is 2.26. The van der Waals surface area contributed by atoms with Crippen LogP contribution < -0.4 is 0 Å². The van der Waals surface area contributed by atoms with Gasteiger partial charge in [-0.25, -0.2) is 0 Å². The minimum Gasteiger partial charge on any atom is -0.468 e. The van der Waals surface area contributed by atoms with Gasteiger partial charge in [0, 0.05) is 0 Å². The maximum Gasteiger partial charge on any atom is 0.316 e. The van der Waals surface area contributed by atoms with Crippen molar-refractivity contribution in [3.63, 3.8) is 0 Å². The molecule has 1 atom stereocenters. The summed E-state index contributed by atoms with van der Waals surface area (Å²) in [6, 6.07) is 0. The van der Waals surface area contributed by atoms with Gasteiger partial charge in [0.2, 0.25) is 0 Å². The molecule has 0 bridgehead atoms. The Morgan fingerprint density at radius 2 is 2.27 bits per heavy atom. The molecule has 1 rings (SSSR count). The monoisotopic (exact) mass is 208 g/mol. The molecular weight excluding hydrogens is 188 g/mol. The molecule has 0 saturated heterocycles. The molecule has 0 aromatic carbocycles. The van der Waals surface area contributed by atoms with Crippen molar-refractivity contribution < 1.29 is 9.53 Å². The molecule has 0 radical (unpaired) electrons. The Hall–Kier alpha value is -1.05. The first-order valence-corrected chi connectivity index (χ1v) is 5.50. The first-order chi connectivity index (χ1) is 7.06. The van der Waals surface area contributed by atoms with E-state index >= 15 is 0 Å². The molecule has 0 aliphatic heterocycles. The van der Waals surface area contributed by atoms with E-state index in [4.69, 9.17) is 4.74 Å². The molecule has 0 amide bonds. The largest absolute Gasteiger partial charge is 0.468 e. The first-order valence-electron chi connectivity index (χ1n) is 5.50. The second kappa shape index (κ2) is 4.65. The van der Waals surface area contributed by atoms with Gasteiger partial charge in [-0.05, 0) is 32.1 Å². The Bertz CT molecular complexity index is 273. The summed E-state index contributed by atoms with van der Waals surface area (Å²) < 4.78 is 4.92. The fourth-order valence-electron chi connectivity index (χ4n) is 2.40. The van der Waals surface area contributed by atoms with Crippen molar-refractivity contribution in [3.8, 4) is 0 Å². The van der Waals surface area contributed by atoms with E-state index in [0.717, 1.165) is 36.8 Å². The van der Waals surface area contributed by atoms with E-state index in [1.165, 1.54) is 7.11 Å². The average molecular weight is 208 g/mol. The maximum absolute atomic E-state index is 11.9. The van der Waals surface area contributed by atoms with Gasteiger partial charge in [0.15, 0.2) is 0 Å². The Labute approximate surface area is 92.0 Å². The molecule has 1 saturated carbocycles. The molecule has 0 heterocycles. The van der Waals surface area contributed by atoms with Gasteiger partial charge < -0.3 is 4.74 Å². The molecule has 0 N–H and O–H groups in total. The van der Waals surface area contributed by atoms with E-state index < -0.39 is 5.41 Å². The van der Waals surface area contributed by atoms with Crippen LogP contribution in [0.2, 0.25) is 0 Å². The highest BCUT2D eigenvalue weighted by Crippen LogP contribution is 2.45. The van der Waals surface area contributed by atoms with Crippen molar-refractivity contribution >= 4 is 5.97 Å². The predicted molar refractivity (Wildman–Crippen MR) is 61.5 cm³/mol. The summed E-state index contributed by atoms with van der Waals surface area (Å²) in [5.74, 6) is -0.143. The third-order valence-electron chi connectivity index (χ3n) is 3.37. The van der Waals surface area contributed by atoms with Gasteiger partial charge in [0.05, 0.1) is 12.5 Å². The molecule has 0 spiro atoms. The van der Waals surface area contributed by atoms with Gasteiger partial charge in [-0.3, -0.25) is 4.79 Å². The van der Waals surface area contributed by atoms with Crippen LogP contribution in [0.15, 0.2) is 24.3 Å². The van der Waals surface area contributed by atoms with Gasteiger partial charge >= 0.3 is 5.97 Å². The van der Waals surface area contributed by atoms with Crippen molar-refractivity contribution in [2.45, 2.75) is 39.0 Å². The Morgan fingerprint density at radius 3 is 2.73 bits per heavy atom. The van der Waals surface area contributed by atoms with Gasteiger partial charge in [-0.2, -0.15) is 0 Å². The van der Waals surface area contributed by atoms with Crippen molar-refractivity contribution in [1.82, 2.24) is 0 Å². The Kier molecular flexibility index (Phi) is 3.72. The minimum absolute atomic E-state index is 0.143. The third-order valence-corrected chi connectivity index (χ3v) is 3.37. The first kappa shape index (κ1) is 12.0. The van der Waals surface area contributed by atoms with Crippen LogP contribution in [0.25, 0.3) is 0 Å². The summed E-state index contributed by atoms with van der Waals surface area (Å²) in [5, 5.41) is 0. The molecular formula is C13H20O2. The number of hydrogen-bond acceptors (Lipinski definition) is 2. The number of carbonyl (C=O) groups is 1. The summed E-state index contributed by atoms with van der Waals surface area (Å²) in [4.78, 5) is 11.9. The number of rotatable bonds is 3. The lowest BCUT2D eigenvalue weighted by Crippen LogP contribution is -2.36. The molecule has 1 aliphatic carbocycles. The van der Waals surface area contributed by atoms with Gasteiger partial charge in [0.25, 0.3) is 0 Å².